The average Bonchev–Trinajstić information content (AvgIpc) is 3.28. The van der Waals surface area contributed by atoms with Gasteiger partial charge in [-0.05, 0) is 36.4 Å². The number of nitrogens with zero attached hydrogens (tertiary/aromatic N) is 6. The molecule has 0 aliphatic carbocycles. The number of hydrogen-bond donors (Lipinski definition) is 0. The molecule has 0 unspecified atom stereocenters. The molecule has 0 radical (unpaired) electrons. The fourth-order valence-corrected chi connectivity index (χ4v) is 3.46. The fraction of sp³-hybridized carbons (Fsp3) is 0.190. The Morgan fingerprint density at radius 2 is 1.48 bits per heavy atom. The Labute approximate surface area is 158 Å². The standard InChI is InChI=1S/C21H18N6/c22-14-17-6-7-18(16-24-17)25-10-12-27(13-11-25)21-5-3-4-20(19(21)15-23)26-8-1-2-9-26/h1-9,16H,10-13H2. The Bertz CT molecular complexity index is 1000. The molecule has 1 saturated heterocycles. The van der Waals surface area contributed by atoms with E-state index in [-0.39, 0.29) is 0 Å². The van der Waals surface area contributed by atoms with Crippen LogP contribution in [0.25, 0.3) is 5.69 Å². The molecule has 132 valence electrons. The highest BCUT2D eigenvalue weighted by molar-refractivity contribution is 5.68. The summed E-state index contributed by atoms with van der Waals surface area (Å²) in [5.74, 6) is 0. The van der Waals surface area contributed by atoms with E-state index in [1.807, 2.05) is 59.4 Å². The molecule has 0 N–H and O–H groups in total. The number of piperazine rings is 1. The van der Waals surface area contributed by atoms with E-state index in [1.54, 1.807) is 12.3 Å². The number of pyridine rings is 1. The molecule has 1 aliphatic heterocycles. The molecule has 6 heteroatoms. The van der Waals surface area contributed by atoms with Crippen molar-refractivity contribution in [1.29, 1.82) is 10.5 Å². The van der Waals surface area contributed by atoms with E-state index in [0.29, 0.717) is 11.3 Å². The van der Waals surface area contributed by atoms with Gasteiger partial charge in [0.05, 0.1) is 28.8 Å². The van der Waals surface area contributed by atoms with Crippen molar-refractivity contribution in [2.75, 3.05) is 36.0 Å². The zero-order valence-electron chi connectivity index (χ0n) is 14.8. The Hall–Kier alpha value is -3.77. The molecule has 2 aromatic heterocycles. The van der Waals surface area contributed by atoms with Crippen LogP contribution in [0.15, 0.2) is 61.1 Å². The second-order valence-corrected chi connectivity index (χ2v) is 6.36. The van der Waals surface area contributed by atoms with Gasteiger partial charge in [0.25, 0.3) is 0 Å². The molecule has 27 heavy (non-hydrogen) atoms. The summed E-state index contributed by atoms with van der Waals surface area (Å²) in [6, 6.07) is 18.0. The van der Waals surface area contributed by atoms with Crippen LogP contribution in [0, 0.1) is 22.7 Å². The molecular weight excluding hydrogens is 336 g/mol. The number of benzene rings is 1. The highest BCUT2D eigenvalue weighted by Crippen LogP contribution is 2.28. The molecule has 0 bridgehead atoms. The lowest BCUT2D eigenvalue weighted by molar-refractivity contribution is 0.652. The molecule has 3 aromatic rings. The van der Waals surface area contributed by atoms with Gasteiger partial charge < -0.3 is 14.4 Å². The first-order chi connectivity index (χ1) is 13.3. The first-order valence-corrected chi connectivity index (χ1v) is 8.82. The molecule has 3 heterocycles. The third-order valence-corrected chi connectivity index (χ3v) is 4.86. The van der Waals surface area contributed by atoms with Crippen LogP contribution in [0.2, 0.25) is 0 Å². The highest BCUT2D eigenvalue weighted by atomic mass is 15.3. The van der Waals surface area contributed by atoms with Crippen molar-refractivity contribution in [1.82, 2.24) is 9.55 Å². The number of aromatic nitrogens is 2. The van der Waals surface area contributed by atoms with Gasteiger partial charge in [0, 0.05) is 38.6 Å². The van der Waals surface area contributed by atoms with Gasteiger partial charge in [-0.3, -0.25) is 0 Å². The van der Waals surface area contributed by atoms with E-state index < -0.39 is 0 Å². The second kappa shape index (κ2) is 7.23. The number of nitriles is 2. The summed E-state index contributed by atoms with van der Waals surface area (Å²) in [4.78, 5) is 8.67. The summed E-state index contributed by atoms with van der Waals surface area (Å²) < 4.78 is 1.97. The molecule has 1 fully saturated rings. The van der Waals surface area contributed by atoms with Crippen molar-refractivity contribution in [2.24, 2.45) is 0 Å². The Balaban J connectivity index is 1.54. The number of hydrogen-bond acceptors (Lipinski definition) is 5. The van der Waals surface area contributed by atoms with Crippen molar-refractivity contribution in [3.05, 3.63) is 72.3 Å². The molecule has 1 aliphatic rings. The molecule has 1 aromatic carbocycles. The van der Waals surface area contributed by atoms with Crippen LogP contribution in [-0.4, -0.2) is 35.7 Å². The topological polar surface area (TPSA) is 71.9 Å². The summed E-state index contributed by atoms with van der Waals surface area (Å²) in [5, 5.41) is 18.7. The van der Waals surface area contributed by atoms with E-state index in [4.69, 9.17) is 5.26 Å². The SMILES string of the molecule is N#Cc1ccc(N2CCN(c3cccc(-n4cccc4)c3C#N)CC2)cn1. The minimum atomic E-state index is 0.429. The molecule has 0 atom stereocenters. The van der Waals surface area contributed by atoms with Gasteiger partial charge in [0.1, 0.15) is 17.8 Å². The zero-order chi connectivity index (χ0) is 18.6. The van der Waals surface area contributed by atoms with E-state index in [2.05, 4.69) is 20.9 Å². The van der Waals surface area contributed by atoms with Crippen molar-refractivity contribution < 1.29 is 0 Å². The molecule has 0 saturated carbocycles. The third kappa shape index (κ3) is 3.21. The van der Waals surface area contributed by atoms with Crippen molar-refractivity contribution in [2.45, 2.75) is 0 Å². The van der Waals surface area contributed by atoms with E-state index in [0.717, 1.165) is 43.2 Å². The van der Waals surface area contributed by atoms with Crippen LogP contribution in [0.4, 0.5) is 11.4 Å². The van der Waals surface area contributed by atoms with Crippen LogP contribution in [0.1, 0.15) is 11.3 Å². The van der Waals surface area contributed by atoms with E-state index in [1.165, 1.54) is 0 Å². The smallest absolute Gasteiger partial charge is 0.140 e. The van der Waals surface area contributed by atoms with Crippen molar-refractivity contribution in [3.8, 4) is 17.8 Å². The summed E-state index contributed by atoms with van der Waals surface area (Å²) in [5.41, 5.74) is 4.02. The maximum atomic E-state index is 9.77. The average molecular weight is 354 g/mol. The van der Waals surface area contributed by atoms with E-state index in [9.17, 15) is 5.26 Å². The predicted octanol–water partition coefficient (Wildman–Crippen LogP) is 2.94. The zero-order valence-corrected chi connectivity index (χ0v) is 14.8. The second-order valence-electron chi connectivity index (χ2n) is 6.36. The van der Waals surface area contributed by atoms with Gasteiger partial charge >= 0.3 is 0 Å². The summed E-state index contributed by atoms with van der Waals surface area (Å²) >= 11 is 0. The summed E-state index contributed by atoms with van der Waals surface area (Å²) in [6.45, 7) is 3.33. The van der Waals surface area contributed by atoms with Crippen LogP contribution in [0.3, 0.4) is 0 Å². The molecule has 4 rings (SSSR count). The minimum absolute atomic E-state index is 0.429. The lowest BCUT2D eigenvalue weighted by Crippen LogP contribution is -2.46. The Morgan fingerprint density at radius 1 is 0.778 bits per heavy atom. The van der Waals surface area contributed by atoms with Crippen LogP contribution < -0.4 is 9.80 Å². The first-order valence-electron chi connectivity index (χ1n) is 8.82. The minimum Gasteiger partial charge on any atom is -0.367 e. The molecular formula is C21H18N6. The maximum absolute atomic E-state index is 9.77. The molecule has 0 spiro atoms. The number of anilines is 2. The van der Waals surface area contributed by atoms with E-state index >= 15 is 0 Å². The largest absolute Gasteiger partial charge is 0.367 e. The van der Waals surface area contributed by atoms with Crippen molar-refractivity contribution >= 4 is 11.4 Å². The van der Waals surface area contributed by atoms with Crippen LogP contribution >= 0.6 is 0 Å². The monoisotopic (exact) mass is 354 g/mol. The Morgan fingerprint density at radius 3 is 2.11 bits per heavy atom. The van der Waals surface area contributed by atoms with Gasteiger partial charge in [-0.15, -0.1) is 0 Å². The summed E-state index contributed by atoms with van der Waals surface area (Å²) in [7, 11) is 0. The molecule has 0 amide bonds. The lowest BCUT2D eigenvalue weighted by atomic mass is 10.1. The predicted molar refractivity (Wildman–Crippen MR) is 104 cm³/mol. The van der Waals surface area contributed by atoms with Gasteiger partial charge in [0.2, 0.25) is 0 Å². The fourth-order valence-electron chi connectivity index (χ4n) is 3.46. The first kappa shape index (κ1) is 16.7. The van der Waals surface area contributed by atoms with Gasteiger partial charge in [-0.2, -0.15) is 10.5 Å². The lowest BCUT2D eigenvalue weighted by Gasteiger charge is -2.37. The van der Waals surface area contributed by atoms with Crippen molar-refractivity contribution in [3.63, 3.8) is 0 Å². The van der Waals surface area contributed by atoms with Crippen LogP contribution in [-0.2, 0) is 0 Å². The van der Waals surface area contributed by atoms with Gasteiger partial charge in [-0.25, -0.2) is 4.98 Å². The number of rotatable bonds is 3. The maximum Gasteiger partial charge on any atom is 0.140 e. The molecule has 6 nitrogen and oxygen atoms in total. The third-order valence-electron chi connectivity index (χ3n) is 4.86. The normalized spacial score (nSPS) is 13.9. The quantitative estimate of drug-likeness (QED) is 0.723. The highest BCUT2D eigenvalue weighted by Gasteiger charge is 2.21. The van der Waals surface area contributed by atoms with Crippen LogP contribution in [0.5, 0.6) is 0 Å². The Kier molecular flexibility index (Phi) is 4.47. The van der Waals surface area contributed by atoms with Gasteiger partial charge in [0.15, 0.2) is 0 Å². The summed E-state index contributed by atoms with van der Waals surface area (Å²) in [6.07, 6.45) is 5.66. The van der Waals surface area contributed by atoms with Gasteiger partial charge in [-0.1, -0.05) is 6.07 Å².